The first kappa shape index (κ1) is 4.59. The molecular weight excluding hydrogens is 199 g/mol. The molecule has 0 heterocycles. The van der Waals surface area contributed by atoms with Crippen LogP contribution in [0.3, 0.4) is 0 Å². The largest absolute Gasteiger partial charge is 0.0823 e. The summed E-state index contributed by atoms with van der Waals surface area (Å²) in [6.07, 6.45) is 4.62. The lowest BCUT2D eigenvalue weighted by molar-refractivity contribution is 0.0728. The summed E-state index contributed by atoms with van der Waals surface area (Å²) < 4.78 is 1.07. The highest BCUT2D eigenvalue weighted by Crippen LogP contribution is 2.53. The number of alkyl halides is 1. The number of fused-ring (bicyclic) bond motifs is 1. The molecule has 0 N–H and O–H groups in total. The third-order valence-corrected chi connectivity index (χ3v) is 3.90. The Balaban J connectivity index is 1.99. The van der Waals surface area contributed by atoms with Crippen molar-refractivity contribution in [1.29, 1.82) is 0 Å². The van der Waals surface area contributed by atoms with E-state index in [1.165, 1.54) is 24.7 Å². The number of hydrogen-bond donors (Lipinski definition) is 0. The van der Waals surface area contributed by atoms with Crippen molar-refractivity contribution in [2.75, 3.05) is 0 Å². The maximum absolute atomic E-state index is 2.59. The fraction of sp³-hybridized carbons (Fsp3) is 1.00. The molecule has 0 nitrogen and oxygen atoms in total. The van der Waals surface area contributed by atoms with Crippen molar-refractivity contribution in [2.45, 2.75) is 23.2 Å². The Labute approximate surface area is 57.8 Å². The lowest BCUT2D eigenvalue weighted by Gasteiger charge is -2.50. The van der Waals surface area contributed by atoms with E-state index in [1.54, 1.807) is 6.42 Å². The fourth-order valence-corrected chi connectivity index (χ4v) is 3.23. The maximum Gasteiger partial charge on any atom is 0.0143 e. The number of rotatable bonds is 0. The van der Waals surface area contributed by atoms with Crippen molar-refractivity contribution < 1.29 is 0 Å². The molecule has 0 spiro atoms. The van der Waals surface area contributed by atoms with Gasteiger partial charge in [0.1, 0.15) is 0 Å². The van der Waals surface area contributed by atoms with Gasteiger partial charge >= 0.3 is 0 Å². The van der Waals surface area contributed by atoms with E-state index in [9.17, 15) is 0 Å². The van der Waals surface area contributed by atoms with Gasteiger partial charge in [-0.3, -0.25) is 0 Å². The summed E-state index contributed by atoms with van der Waals surface area (Å²) in [6, 6.07) is 0. The molecule has 7 heavy (non-hydrogen) atoms. The molecule has 1 heteroatoms. The zero-order valence-electron chi connectivity index (χ0n) is 4.23. The molecule has 0 aromatic rings. The molecule has 2 saturated carbocycles. The van der Waals surface area contributed by atoms with Crippen LogP contribution in [0.1, 0.15) is 19.3 Å². The molecule has 2 aliphatic carbocycles. The minimum absolute atomic E-state index is 1.07. The third-order valence-electron chi connectivity index (χ3n) is 2.47. The lowest BCUT2D eigenvalue weighted by atomic mass is 9.60. The molecule has 3 unspecified atom stereocenters. The van der Waals surface area contributed by atoms with E-state index >= 15 is 0 Å². The second-order valence-corrected chi connectivity index (χ2v) is 4.35. The van der Waals surface area contributed by atoms with Crippen molar-refractivity contribution in [2.24, 2.45) is 11.8 Å². The van der Waals surface area contributed by atoms with Crippen LogP contribution in [0.15, 0.2) is 0 Å². The molecule has 40 valence electrons. The van der Waals surface area contributed by atoms with E-state index in [2.05, 4.69) is 22.6 Å². The van der Waals surface area contributed by atoms with Crippen molar-refractivity contribution >= 4 is 22.6 Å². The van der Waals surface area contributed by atoms with Crippen molar-refractivity contribution in [3.05, 3.63) is 0 Å². The summed E-state index contributed by atoms with van der Waals surface area (Å²) in [5.41, 5.74) is 0. The van der Waals surface area contributed by atoms with Gasteiger partial charge < -0.3 is 0 Å². The van der Waals surface area contributed by atoms with Crippen LogP contribution in [0.4, 0.5) is 0 Å². The monoisotopic (exact) mass is 208 g/mol. The Hall–Kier alpha value is 0.730. The molecule has 0 aromatic heterocycles. The van der Waals surface area contributed by atoms with Gasteiger partial charge in [-0.2, -0.15) is 0 Å². The molecule has 2 rings (SSSR count). The van der Waals surface area contributed by atoms with Gasteiger partial charge in [0.2, 0.25) is 0 Å². The standard InChI is InChI=1S/C6H9I/c7-6-3-4-1-2-5(4)6/h4-6H,1-3H2. The molecule has 0 aliphatic heterocycles. The van der Waals surface area contributed by atoms with Crippen molar-refractivity contribution in [3.8, 4) is 0 Å². The Morgan fingerprint density at radius 3 is 2.14 bits per heavy atom. The lowest BCUT2D eigenvalue weighted by Crippen LogP contribution is -2.44. The molecule has 0 amide bonds. The quantitative estimate of drug-likeness (QED) is 0.423. The average Bonchev–Trinajstić information content (AvgIpc) is 1.59. The van der Waals surface area contributed by atoms with Crippen LogP contribution in [-0.2, 0) is 0 Å². The fourth-order valence-electron chi connectivity index (χ4n) is 1.63. The number of halogens is 1. The molecule has 0 bridgehead atoms. The topological polar surface area (TPSA) is 0 Å². The van der Waals surface area contributed by atoms with Crippen LogP contribution in [0.5, 0.6) is 0 Å². The first-order chi connectivity index (χ1) is 3.38. The summed E-state index contributed by atoms with van der Waals surface area (Å²) in [7, 11) is 0. The Morgan fingerprint density at radius 1 is 1.29 bits per heavy atom. The summed E-state index contributed by atoms with van der Waals surface area (Å²) in [6.45, 7) is 0. The van der Waals surface area contributed by atoms with Gasteiger partial charge in [-0.05, 0) is 31.1 Å². The predicted molar refractivity (Wildman–Crippen MR) is 38.6 cm³/mol. The van der Waals surface area contributed by atoms with Crippen LogP contribution >= 0.6 is 22.6 Å². The van der Waals surface area contributed by atoms with Crippen LogP contribution in [-0.4, -0.2) is 3.92 Å². The van der Waals surface area contributed by atoms with Crippen LogP contribution in [0.2, 0.25) is 0 Å². The molecule has 0 radical (unpaired) electrons. The van der Waals surface area contributed by atoms with Crippen LogP contribution in [0, 0.1) is 11.8 Å². The zero-order valence-corrected chi connectivity index (χ0v) is 6.39. The van der Waals surface area contributed by atoms with E-state index in [0.717, 1.165) is 3.92 Å². The predicted octanol–water partition coefficient (Wildman–Crippen LogP) is 2.22. The third kappa shape index (κ3) is 0.479. The Bertz CT molecular complexity index is 86.2. The van der Waals surface area contributed by atoms with Gasteiger partial charge in [0.25, 0.3) is 0 Å². The first-order valence-electron chi connectivity index (χ1n) is 3.02. The highest BCUT2D eigenvalue weighted by Gasteiger charge is 2.45. The van der Waals surface area contributed by atoms with Gasteiger partial charge in [-0.1, -0.05) is 22.6 Å². The van der Waals surface area contributed by atoms with E-state index in [0.29, 0.717) is 0 Å². The van der Waals surface area contributed by atoms with Gasteiger partial charge in [0.15, 0.2) is 0 Å². The highest BCUT2D eigenvalue weighted by molar-refractivity contribution is 14.1. The molecule has 2 aliphatic rings. The molecular formula is C6H9I. The molecule has 0 saturated heterocycles. The molecule has 0 aromatic carbocycles. The minimum Gasteiger partial charge on any atom is -0.0823 e. The van der Waals surface area contributed by atoms with Crippen molar-refractivity contribution in [1.82, 2.24) is 0 Å². The van der Waals surface area contributed by atoms with Gasteiger partial charge in [0, 0.05) is 3.92 Å². The Morgan fingerprint density at radius 2 is 2.14 bits per heavy atom. The van der Waals surface area contributed by atoms with Gasteiger partial charge in [0.05, 0.1) is 0 Å². The van der Waals surface area contributed by atoms with E-state index in [4.69, 9.17) is 0 Å². The summed E-state index contributed by atoms with van der Waals surface area (Å²) in [4.78, 5) is 0. The van der Waals surface area contributed by atoms with E-state index < -0.39 is 0 Å². The smallest absolute Gasteiger partial charge is 0.0143 e. The number of hydrogen-bond acceptors (Lipinski definition) is 0. The maximum atomic E-state index is 2.59. The second-order valence-electron chi connectivity index (χ2n) is 2.75. The van der Waals surface area contributed by atoms with E-state index in [-0.39, 0.29) is 0 Å². The summed E-state index contributed by atoms with van der Waals surface area (Å²) >= 11 is 2.59. The first-order valence-corrected chi connectivity index (χ1v) is 4.26. The summed E-state index contributed by atoms with van der Waals surface area (Å²) in [5.74, 6) is 2.35. The SMILES string of the molecule is IC1CC2CCC12. The average molecular weight is 208 g/mol. The van der Waals surface area contributed by atoms with E-state index in [1.807, 2.05) is 0 Å². The Kier molecular flexibility index (Phi) is 0.895. The molecule has 2 fully saturated rings. The van der Waals surface area contributed by atoms with Crippen molar-refractivity contribution in [3.63, 3.8) is 0 Å². The van der Waals surface area contributed by atoms with Gasteiger partial charge in [-0.25, -0.2) is 0 Å². The summed E-state index contributed by atoms with van der Waals surface area (Å²) in [5, 5.41) is 0. The highest BCUT2D eigenvalue weighted by atomic mass is 127. The normalized spacial score (nSPS) is 57.0. The zero-order chi connectivity index (χ0) is 4.85. The second kappa shape index (κ2) is 1.36. The minimum atomic E-state index is 1.07. The van der Waals surface area contributed by atoms with Crippen LogP contribution < -0.4 is 0 Å². The van der Waals surface area contributed by atoms with Crippen LogP contribution in [0.25, 0.3) is 0 Å². The molecule has 3 atom stereocenters. The van der Waals surface area contributed by atoms with Gasteiger partial charge in [-0.15, -0.1) is 0 Å².